The zero-order chi connectivity index (χ0) is 10.6. The molecule has 0 saturated carbocycles. The number of hydrogen-bond acceptors (Lipinski definition) is 2. The summed E-state index contributed by atoms with van der Waals surface area (Å²) in [6, 6.07) is 3.78. The summed E-state index contributed by atoms with van der Waals surface area (Å²) >= 11 is 7.27. The summed E-state index contributed by atoms with van der Waals surface area (Å²) in [5.74, 6) is 0.920. The molecule has 0 bridgehead atoms. The standard InChI is InChI=1S/C11H15ClOS/c1-8(2)3-4-9(13)7-10-5-6-11(12)14-10/h5-6,8H,3-4,7H2,1-2H3. The smallest absolute Gasteiger partial charge is 0.138 e. The van der Waals surface area contributed by atoms with E-state index in [0.717, 1.165) is 15.6 Å². The van der Waals surface area contributed by atoms with Gasteiger partial charge in [0.2, 0.25) is 0 Å². The van der Waals surface area contributed by atoms with Crippen molar-refractivity contribution in [2.24, 2.45) is 5.92 Å². The second-order valence-electron chi connectivity index (χ2n) is 3.85. The van der Waals surface area contributed by atoms with Gasteiger partial charge in [0.15, 0.2) is 0 Å². The minimum atomic E-state index is 0.317. The molecule has 1 aromatic rings. The first-order chi connectivity index (χ1) is 6.58. The molecule has 1 aromatic heterocycles. The van der Waals surface area contributed by atoms with Gasteiger partial charge in [-0.2, -0.15) is 0 Å². The fourth-order valence-corrected chi connectivity index (χ4v) is 2.30. The van der Waals surface area contributed by atoms with Gasteiger partial charge in [-0.15, -0.1) is 11.3 Å². The van der Waals surface area contributed by atoms with E-state index in [-0.39, 0.29) is 0 Å². The summed E-state index contributed by atoms with van der Waals surface area (Å²) in [5, 5.41) is 0. The van der Waals surface area contributed by atoms with Gasteiger partial charge in [-0.3, -0.25) is 4.79 Å². The van der Waals surface area contributed by atoms with Gasteiger partial charge in [-0.05, 0) is 24.5 Å². The summed E-state index contributed by atoms with van der Waals surface area (Å²) in [6.45, 7) is 4.27. The highest BCUT2D eigenvalue weighted by Crippen LogP contribution is 2.22. The first-order valence-corrected chi connectivity index (χ1v) is 6.03. The van der Waals surface area contributed by atoms with Gasteiger partial charge in [0, 0.05) is 17.7 Å². The van der Waals surface area contributed by atoms with Gasteiger partial charge in [-0.1, -0.05) is 25.4 Å². The zero-order valence-corrected chi connectivity index (χ0v) is 10.1. The van der Waals surface area contributed by atoms with Crippen molar-refractivity contribution in [3.63, 3.8) is 0 Å². The van der Waals surface area contributed by atoms with Crippen LogP contribution < -0.4 is 0 Å². The van der Waals surface area contributed by atoms with Crippen LogP contribution >= 0.6 is 22.9 Å². The van der Waals surface area contributed by atoms with Crippen LogP contribution in [-0.4, -0.2) is 5.78 Å². The van der Waals surface area contributed by atoms with Crippen molar-refractivity contribution in [2.75, 3.05) is 0 Å². The number of ketones is 1. The van der Waals surface area contributed by atoms with E-state index in [1.54, 1.807) is 0 Å². The molecule has 0 aliphatic rings. The monoisotopic (exact) mass is 230 g/mol. The minimum Gasteiger partial charge on any atom is -0.299 e. The van der Waals surface area contributed by atoms with Crippen LogP contribution in [-0.2, 0) is 11.2 Å². The van der Waals surface area contributed by atoms with Crippen LogP contribution in [0.4, 0.5) is 0 Å². The quantitative estimate of drug-likeness (QED) is 0.749. The Morgan fingerprint density at radius 1 is 1.50 bits per heavy atom. The molecule has 0 aliphatic carbocycles. The molecule has 0 aromatic carbocycles. The van der Waals surface area contributed by atoms with Crippen LogP contribution in [0.25, 0.3) is 0 Å². The van der Waals surface area contributed by atoms with E-state index < -0.39 is 0 Å². The van der Waals surface area contributed by atoms with Gasteiger partial charge in [-0.25, -0.2) is 0 Å². The van der Waals surface area contributed by atoms with Gasteiger partial charge in [0.25, 0.3) is 0 Å². The molecule has 78 valence electrons. The molecule has 0 unspecified atom stereocenters. The highest BCUT2D eigenvalue weighted by molar-refractivity contribution is 7.16. The van der Waals surface area contributed by atoms with Crippen LogP contribution in [0.15, 0.2) is 12.1 Å². The number of rotatable bonds is 5. The number of carbonyl (C=O) groups excluding carboxylic acids is 1. The second-order valence-corrected chi connectivity index (χ2v) is 5.65. The molecule has 0 amide bonds. The average Bonchev–Trinajstić information content (AvgIpc) is 2.48. The van der Waals surface area contributed by atoms with Crippen molar-refractivity contribution < 1.29 is 4.79 Å². The van der Waals surface area contributed by atoms with Gasteiger partial charge in [0.1, 0.15) is 5.78 Å². The van der Waals surface area contributed by atoms with Crippen molar-refractivity contribution in [2.45, 2.75) is 33.1 Å². The Morgan fingerprint density at radius 3 is 2.71 bits per heavy atom. The van der Waals surface area contributed by atoms with Gasteiger partial charge in [0.05, 0.1) is 4.34 Å². The van der Waals surface area contributed by atoms with Crippen molar-refractivity contribution in [1.29, 1.82) is 0 Å². The SMILES string of the molecule is CC(C)CCC(=O)Cc1ccc(Cl)s1. The van der Waals surface area contributed by atoms with E-state index in [1.165, 1.54) is 11.3 Å². The Labute approximate surface area is 94.1 Å². The number of Topliss-reactive ketones (excluding diaryl/α,β-unsaturated/α-hetero) is 1. The zero-order valence-electron chi connectivity index (χ0n) is 8.55. The summed E-state index contributed by atoms with van der Waals surface area (Å²) in [7, 11) is 0. The van der Waals surface area contributed by atoms with Crippen LogP contribution in [0, 0.1) is 5.92 Å². The lowest BCUT2D eigenvalue weighted by Crippen LogP contribution is -2.02. The maximum Gasteiger partial charge on any atom is 0.138 e. The van der Waals surface area contributed by atoms with Crippen LogP contribution in [0.5, 0.6) is 0 Å². The van der Waals surface area contributed by atoms with E-state index in [0.29, 0.717) is 24.5 Å². The van der Waals surface area contributed by atoms with Crippen molar-refractivity contribution >= 4 is 28.7 Å². The largest absolute Gasteiger partial charge is 0.299 e. The topological polar surface area (TPSA) is 17.1 Å². The molecule has 0 saturated heterocycles. The molecule has 0 atom stereocenters. The van der Waals surface area contributed by atoms with Crippen LogP contribution in [0.2, 0.25) is 4.34 Å². The molecular weight excluding hydrogens is 216 g/mol. The van der Waals surface area contributed by atoms with Gasteiger partial charge >= 0.3 is 0 Å². The predicted octanol–water partition coefficient (Wildman–Crippen LogP) is 3.95. The fourth-order valence-electron chi connectivity index (χ4n) is 1.18. The molecule has 1 rings (SSSR count). The van der Waals surface area contributed by atoms with E-state index >= 15 is 0 Å². The van der Waals surface area contributed by atoms with Crippen molar-refractivity contribution in [3.05, 3.63) is 21.3 Å². The normalized spacial score (nSPS) is 10.9. The molecular formula is C11H15ClOS. The molecule has 0 aliphatic heterocycles. The Hall–Kier alpha value is -0.340. The molecule has 3 heteroatoms. The molecule has 1 heterocycles. The lowest BCUT2D eigenvalue weighted by Gasteiger charge is -2.02. The van der Waals surface area contributed by atoms with Crippen molar-refractivity contribution in [3.8, 4) is 0 Å². The Kier molecular flexibility index (Phi) is 4.63. The minimum absolute atomic E-state index is 0.317. The number of hydrogen-bond donors (Lipinski definition) is 0. The van der Waals surface area contributed by atoms with Gasteiger partial charge < -0.3 is 0 Å². The van der Waals surface area contributed by atoms with E-state index in [2.05, 4.69) is 13.8 Å². The average molecular weight is 231 g/mol. The number of thiophene rings is 1. The van der Waals surface area contributed by atoms with E-state index in [1.807, 2.05) is 12.1 Å². The predicted molar refractivity (Wildman–Crippen MR) is 62.1 cm³/mol. The third kappa shape index (κ3) is 4.25. The summed E-state index contributed by atoms with van der Waals surface area (Å²) in [5.41, 5.74) is 0. The fraction of sp³-hybridized carbons (Fsp3) is 0.545. The highest BCUT2D eigenvalue weighted by atomic mass is 35.5. The van der Waals surface area contributed by atoms with E-state index in [9.17, 15) is 4.79 Å². The maximum atomic E-state index is 11.5. The lowest BCUT2D eigenvalue weighted by molar-refractivity contribution is -0.118. The third-order valence-electron chi connectivity index (χ3n) is 2.00. The molecule has 1 nitrogen and oxygen atoms in total. The molecule has 0 radical (unpaired) electrons. The molecule has 0 spiro atoms. The Balaban J connectivity index is 2.34. The summed E-state index contributed by atoms with van der Waals surface area (Å²) in [4.78, 5) is 12.6. The molecule has 14 heavy (non-hydrogen) atoms. The number of halogens is 1. The summed E-state index contributed by atoms with van der Waals surface area (Å²) < 4.78 is 0.761. The summed E-state index contributed by atoms with van der Waals surface area (Å²) in [6.07, 6.45) is 2.22. The Morgan fingerprint density at radius 2 is 2.21 bits per heavy atom. The van der Waals surface area contributed by atoms with E-state index in [4.69, 9.17) is 11.6 Å². The lowest BCUT2D eigenvalue weighted by atomic mass is 10.0. The number of carbonyl (C=O) groups is 1. The van der Waals surface area contributed by atoms with Crippen LogP contribution in [0.3, 0.4) is 0 Å². The van der Waals surface area contributed by atoms with Crippen molar-refractivity contribution in [1.82, 2.24) is 0 Å². The molecule has 0 N–H and O–H groups in total. The third-order valence-corrected chi connectivity index (χ3v) is 3.23. The highest BCUT2D eigenvalue weighted by Gasteiger charge is 2.06. The first kappa shape index (κ1) is 11.7. The Bertz CT molecular complexity index is 304. The second kappa shape index (κ2) is 5.52. The first-order valence-electron chi connectivity index (χ1n) is 4.84. The molecule has 0 fully saturated rings. The van der Waals surface area contributed by atoms with Crippen LogP contribution in [0.1, 0.15) is 31.6 Å². The maximum absolute atomic E-state index is 11.5.